The molecule has 2 heterocycles. The van der Waals surface area contributed by atoms with E-state index in [9.17, 15) is 9.59 Å². The molecule has 2 N–H and O–H groups in total. The van der Waals surface area contributed by atoms with Gasteiger partial charge in [0, 0.05) is 17.1 Å². The van der Waals surface area contributed by atoms with Gasteiger partial charge in [-0.1, -0.05) is 12.1 Å². The molecule has 27 heavy (non-hydrogen) atoms. The number of hydrogen-bond acceptors (Lipinski definition) is 5. The van der Waals surface area contributed by atoms with Crippen molar-refractivity contribution < 1.29 is 9.59 Å². The Bertz CT molecular complexity index is 1070. The standard InChI is InChI=1S/C20H20N4O2S/c1-10-16-11(2)21-12(3)22-20(16)27-17(10)19(26)24-15-7-5-4-6-14(15)18(25)23-13-8-9-13/h4-7,13H,8-9H2,1-3H3,(H,23,25)(H,24,26). The van der Waals surface area contributed by atoms with Crippen molar-refractivity contribution in [2.24, 2.45) is 0 Å². The molecule has 0 radical (unpaired) electrons. The number of aryl methyl sites for hydroxylation is 3. The average Bonchev–Trinajstić information content (AvgIpc) is 3.36. The van der Waals surface area contributed by atoms with Crippen LogP contribution in [-0.4, -0.2) is 27.8 Å². The summed E-state index contributed by atoms with van der Waals surface area (Å²) >= 11 is 1.35. The molecule has 1 fully saturated rings. The Hall–Kier alpha value is -2.80. The molecule has 0 atom stereocenters. The second-order valence-corrected chi connectivity index (χ2v) is 7.84. The third kappa shape index (κ3) is 3.42. The van der Waals surface area contributed by atoms with Gasteiger partial charge in [0.2, 0.25) is 0 Å². The normalized spacial score (nSPS) is 13.6. The van der Waals surface area contributed by atoms with Crippen molar-refractivity contribution in [3.05, 3.63) is 51.8 Å². The Morgan fingerprint density at radius 1 is 1.07 bits per heavy atom. The summed E-state index contributed by atoms with van der Waals surface area (Å²) in [6.45, 7) is 5.68. The fourth-order valence-corrected chi connectivity index (χ4v) is 4.32. The maximum Gasteiger partial charge on any atom is 0.266 e. The number of rotatable bonds is 4. The average molecular weight is 380 g/mol. The van der Waals surface area contributed by atoms with Crippen LogP contribution in [0.2, 0.25) is 0 Å². The van der Waals surface area contributed by atoms with E-state index >= 15 is 0 Å². The highest BCUT2D eigenvalue weighted by Crippen LogP contribution is 2.32. The van der Waals surface area contributed by atoms with Gasteiger partial charge in [0.1, 0.15) is 10.7 Å². The highest BCUT2D eigenvalue weighted by Gasteiger charge is 2.25. The van der Waals surface area contributed by atoms with Gasteiger partial charge in [-0.2, -0.15) is 0 Å². The van der Waals surface area contributed by atoms with Crippen molar-refractivity contribution in [3.8, 4) is 0 Å². The molecule has 3 aromatic rings. The summed E-state index contributed by atoms with van der Waals surface area (Å²) < 4.78 is 0. The Balaban J connectivity index is 1.65. The van der Waals surface area contributed by atoms with E-state index in [0.717, 1.165) is 34.3 Å². The van der Waals surface area contributed by atoms with Crippen LogP contribution in [0.4, 0.5) is 5.69 Å². The highest BCUT2D eigenvalue weighted by atomic mass is 32.1. The summed E-state index contributed by atoms with van der Waals surface area (Å²) in [6, 6.07) is 7.34. The van der Waals surface area contributed by atoms with Gasteiger partial charge in [0.05, 0.1) is 16.1 Å². The smallest absolute Gasteiger partial charge is 0.266 e. The van der Waals surface area contributed by atoms with Gasteiger partial charge in [-0.05, 0) is 51.3 Å². The van der Waals surface area contributed by atoms with E-state index in [1.54, 1.807) is 24.3 Å². The maximum absolute atomic E-state index is 12.9. The maximum atomic E-state index is 12.9. The molecule has 0 aliphatic heterocycles. The van der Waals surface area contributed by atoms with Crippen LogP contribution in [0.5, 0.6) is 0 Å². The molecule has 1 aliphatic rings. The summed E-state index contributed by atoms with van der Waals surface area (Å²) in [5.74, 6) is 0.299. The lowest BCUT2D eigenvalue weighted by Gasteiger charge is -2.11. The first kappa shape index (κ1) is 17.6. The minimum atomic E-state index is -0.237. The summed E-state index contributed by atoms with van der Waals surface area (Å²) in [5, 5.41) is 6.79. The molecule has 138 valence electrons. The van der Waals surface area contributed by atoms with Gasteiger partial charge < -0.3 is 10.6 Å². The molecule has 0 spiro atoms. The van der Waals surface area contributed by atoms with Gasteiger partial charge in [-0.15, -0.1) is 11.3 Å². The zero-order chi connectivity index (χ0) is 19.1. The first-order chi connectivity index (χ1) is 12.9. The number of nitrogens with one attached hydrogen (secondary N) is 2. The Morgan fingerprint density at radius 2 is 1.81 bits per heavy atom. The fourth-order valence-electron chi connectivity index (χ4n) is 3.15. The van der Waals surface area contributed by atoms with Crippen molar-refractivity contribution in [1.29, 1.82) is 0 Å². The van der Waals surface area contributed by atoms with Crippen LogP contribution in [0.25, 0.3) is 10.2 Å². The molecule has 0 unspecified atom stereocenters. The summed E-state index contributed by atoms with van der Waals surface area (Å²) in [6.07, 6.45) is 2.03. The Morgan fingerprint density at radius 3 is 2.56 bits per heavy atom. The number of carbonyl (C=O) groups is 2. The molecule has 0 saturated heterocycles. The molecule has 7 heteroatoms. The van der Waals surface area contributed by atoms with Gasteiger partial charge in [-0.3, -0.25) is 9.59 Å². The minimum Gasteiger partial charge on any atom is -0.349 e. The summed E-state index contributed by atoms with van der Waals surface area (Å²) in [7, 11) is 0. The molecule has 0 bridgehead atoms. The zero-order valence-corrected chi connectivity index (χ0v) is 16.2. The lowest BCUT2D eigenvalue weighted by atomic mass is 10.1. The Kier molecular flexibility index (Phi) is 4.39. The van der Waals surface area contributed by atoms with E-state index < -0.39 is 0 Å². The molecular formula is C20H20N4O2S. The second kappa shape index (κ2) is 6.74. The molecular weight excluding hydrogens is 360 g/mol. The van der Waals surface area contributed by atoms with E-state index in [-0.39, 0.29) is 17.9 Å². The van der Waals surface area contributed by atoms with Crippen molar-refractivity contribution in [2.75, 3.05) is 5.32 Å². The quantitative estimate of drug-likeness (QED) is 0.722. The van der Waals surface area contributed by atoms with Crippen molar-refractivity contribution >= 4 is 39.1 Å². The number of fused-ring (bicyclic) bond motifs is 1. The van der Waals surface area contributed by atoms with Crippen LogP contribution in [0.3, 0.4) is 0 Å². The monoisotopic (exact) mass is 380 g/mol. The first-order valence-corrected chi connectivity index (χ1v) is 9.71. The molecule has 1 aliphatic carbocycles. The molecule has 6 nitrogen and oxygen atoms in total. The van der Waals surface area contributed by atoms with Crippen LogP contribution in [0, 0.1) is 20.8 Å². The number of nitrogens with zero attached hydrogens (tertiary/aromatic N) is 2. The van der Waals surface area contributed by atoms with E-state index in [0.29, 0.717) is 22.0 Å². The third-order valence-electron chi connectivity index (χ3n) is 4.62. The van der Waals surface area contributed by atoms with Gasteiger partial charge >= 0.3 is 0 Å². The number of para-hydroxylation sites is 1. The SMILES string of the molecule is Cc1nc(C)c2c(C)c(C(=O)Nc3ccccc3C(=O)NC3CC3)sc2n1. The molecule has 1 aromatic carbocycles. The van der Waals surface area contributed by atoms with Crippen LogP contribution >= 0.6 is 11.3 Å². The van der Waals surface area contributed by atoms with Crippen molar-refractivity contribution in [2.45, 2.75) is 39.7 Å². The fraction of sp³-hybridized carbons (Fsp3) is 0.300. The van der Waals surface area contributed by atoms with Gasteiger partial charge in [0.25, 0.3) is 11.8 Å². The number of aromatic nitrogens is 2. The van der Waals surface area contributed by atoms with Crippen LogP contribution in [0.15, 0.2) is 24.3 Å². The molecule has 1 saturated carbocycles. The van der Waals surface area contributed by atoms with Crippen LogP contribution < -0.4 is 10.6 Å². The summed E-state index contributed by atoms with van der Waals surface area (Å²) in [4.78, 5) is 35.6. The lowest BCUT2D eigenvalue weighted by Crippen LogP contribution is -2.26. The molecule has 2 amide bonds. The molecule has 4 rings (SSSR count). The number of amides is 2. The first-order valence-electron chi connectivity index (χ1n) is 8.89. The zero-order valence-electron chi connectivity index (χ0n) is 15.4. The topological polar surface area (TPSA) is 84.0 Å². The van der Waals surface area contributed by atoms with E-state index in [2.05, 4.69) is 20.6 Å². The number of thiophene rings is 1. The number of carbonyl (C=O) groups excluding carboxylic acids is 2. The number of hydrogen-bond donors (Lipinski definition) is 2. The van der Waals surface area contributed by atoms with Gasteiger partial charge in [-0.25, -0.2) is 9.97 Å². The lowest BCUT2D eigenvalue weighted by molar-refractivity contribution is 0.0952. The number of benzene rings is 1. The number of anilines is 1. The van der Waals surface area contributed by atoms with Crippen molar-refractivity contribution in [3.63, 3.8) is 0 Å². The van der Waals surface area contributed by atoms with Crippen molar-refractivity contribution in [1.82, 2.24) is 15.3 Å². The van der Waals surface area contributed by atoms with Crippen LogP contribution in [-0.2, 0) is 0 Å². The largest absolute Gasteiger partial charge is 0.349 e. The summed E-state index contributed by atoms with van der Waals surface area (Å²) in [5.41, 5.74) is 2.72. The van der Waals surface area contributed by atoms with E-state index in [1.165, 1.54) is 11.3 Å². The predicted molar refractivity (Wildman–Crippen MR) is 107 cm³/mol. The minimum absolute atomic E-state index is 0.154. The van der Waals surface area contributed by atoms with Crippen LogP contribution in [0.1, 0.15) is 50.0 Å². The molecule has 2 aromatic heterocycles. The second-order valence-electron chi connectivity index (χ2n) is 6.84. The van der Waals surface area contributed by atoms with E-state index in [1.807, 2.05) is 20.8 Å². The Labute approximate surface area is 161 Å². The van der Waals surface area contributed by atoms with E-state index in [4.69, 9.17) is 0 Å². The highest BCUT2D eigenvalue weighted by molar-refractivity contribution is 7.20. The third-order valence-corrected chi connectivity index (χ3v) is 5.81. The predicted octanol–water partition coefficient (Wildman–Crippen LogP) is 3.76. The van der Waals surface area contributed by atoms with Gasteiger partial charge in [0.15, 0.2) is 0 Å².